The molecule has 0 bridgehead atoms. The topological polar surface area (TPSA) is 97.8 Å². The smallest absolute Gasteiger partial charge is 0.407 e. The van der Waals surface area contributed by atoms with E-state index >= 15 is 0 Å². The van der Waals surface area contributed by atoms with E-state index in [0.717, 1.165) is 35.7 Å². The Hall–Kier alpha value is -2.95. The molecule has 1 aliphatic rings. The molecule has 2 aromatic carbocycles. The number of hydrogen-bond acceptors (Lipinski definition) is 8. The Morgan fingerprint density at radius 3 is 2.55 bits per heavy atom. The van der Waals surface area contributed by atoms with Gasteiger partial charge in [-0.25, -0.2) is 14.8 Å². The number of hydrogen-bond donors (Lipinski definition) is 2. The normalized spacial score (nSPS) is 15.2. The molecule has 1 aromatic heterocycles. The maximum atomic E-state index is 11.6. The molecule has 1 aliphatic heterocycles. The molecule has 1 atom stereocenters. The summed E-state index contributed by atoms with van der Waals surface area (Å²) < 4.78 is 16.3. The lowest BCUT2D eigenvalue weighted by atomic mass is 9.84. The molecular weight excluding hydrogens is 577 g/mol. The molecule has 0 radical (unpaired) electrons. The highest BCUT2D eigenvalue weighted by atomic mass is 35.5. The van der Waals surface area contributed by atoms with Crippen LogP contribution in [0.2, 0.25) is 10.0 Å². The number of carbonyl (C=O) groups is 1. The van der Waals surface area contributed by atoms with Crippen molar-refractivity contribution in [3.05, 3.63) is 75.5 Å². The second-order valence-corrected chi connectivity index (χ2v) is 12.0. The van der Waals surface area contributed by atoms with Crippen LogP contribution < -0.4 is 10.6 Å². The number of carbonyl (C=O) groups excluding carboxylic acids is 1. The number of anilines is 1. The van der Waals surface area contributed by atoms with Gasteiger partial charge in [-0.05, 0) is 62.7 Å². The van der Waals surface area contributed by atoms with E-state index in [1.165, 1.54) is 11.1 Å². The van der Waals surface area contributed by atoms with Gasteiger partial charge in [-0.2, -0.15) is 0 Å². The van der Waals surface area contributed by atoms with E-state index in [9.17, 15) is 4.79 Å². The summed E-state index contributed by atoms with van der Waals surface area (Å²) in [6.07, 6.45) is 1.11. The standard InChI is InChI=1S/C31H39Cl2N5O4/c1-31(2,3)42-30(39)35-9-11-41-13-12-40-10-8-34-29-17-28(36-20-37-29)22-7-5-6-21(14-22)25-18-38(4)19-26-24(25)15-23(32)16-27(26)33/h5-7,14-17,20,25H,8-13,18-19H2,1-4H3,(H,35,39)(H,34,36,37)/t25-/m0/s1. The highest BCUT2D eigenvalue weighted by Gasteiger charge is 2.27. The number of ether oxygens (including phenoxy) is 3. The number of benzene rings is 2. The van der Waals surface area contributed by atoms with Crippen LogP contribution in [0.4, 0.5) is 10.6 Å². The van der Waals surface area contributed by atoms with Crippen molar-refractivity contribution in [3.63, 3.8) is 0 Å². The van der Waals surface area contributed by atoms with Crippen LogP contribution in [0.1, 0.15) is 43.4 Å². The lowest BCUT2D eigenvalue weighted by Gasteiger charge is -2.33. The van der Waals surface area contributed by atoms with Crippen molar-refractivity contribution in [1.82, 2.24) is 20.2 Å². The predicted octanol–water partition coefficient (Wildman–Crippen LogP) is 6.00. The predicted molar refractivity (Wildman–Crippen MR) is 166 cm³/mol. The zero-order valence-electron chi connectivity index (χ0n) is 24.6. The lowest BCUT2D eigenvalue weighted by Crippen LogP contribution is -2.34. The Labute approximate surface area is 257 Å². The fourth-order valence-corrected chi connectivity index (χ4v) is 5.34. The second-order valence-electron chi connectivity index (χ2n) is 11.2. The lowest BCUT2D eigenvalue weighted by molar-refractivity contribution is 0.0415. The van der Waals surface area contributed by atoms with Gasteiger partial charge in [-0.15, -0.1) is 0 Å². The highest BCUT2D eigenvalue weighted by molar-refractivity contribution is 6.35. The first-order chi connectivity index (χ1) is 20.1. The molecule has 9 nitrogen and oxygen atoms in total. The molecule has 1 amide bonds. The van der Waals surface area contributed by atoms with Gasteiger partial charge >= 0.3 is 6.09 Å². The summed E-state index contributed by atoms with van der Waals surface area (Å²) in [4.78, 5) is 22.8. The van der Waals surface area contributed by atoms with Gasteiger partial charge in [-0.3, -0.25) is 0 Å². The average molecular weight is 617 g/mol. The summed E-state index contributed by atoms with van der Waals surface area (Å²) in [6.45, 7) is 9.87. The number of amides is 1. The number of likely N-dealkylation sites (N-methyl/N-ethyl adjacent to an activating group) is 1. The van der Waals surface area contributed by atoms with Crippen LogP contribution in [-0.2, 0) is 20.8 Å². The van der Waals surface area contributed by atoms with Crippen molar-refractivity contribution in [2.45, 2.75) is 38.8 Å². The van der Waals surface area contributed by atoms with Crippen LogP contribution in [-0.4, -0.2) is 79.7 Å². The number of fused-ring (bicyclic) bond motifs is 1. The third-order valence-corrected chi connectivity index (χ3v) is 7.14. The maximum Gasteiger partial charge on any atom is 0.407 e. The third kappa shape index (κ3) is 9.54. The van der Waals surface area contributed by atoms with E-state index in [2.05, 4.69) is 56.8 Å². The summed E-state index contributed by atoms with van der Waals surface area (Å²) in [5.74, 6) is 0.872. The Morgan fingerprint density at radius 2 is 1.79 bits per heavy atom. The molecule has 11 heteroatoms. The number of aromatic nitrogens is 2. The van der Waals surface area contributed by atoms with Gasteiger partial charge in [0.25, 0.3) is 0 Å². The van der Waals surface area contributed by atoms with Crippen LogP contribution in [0, 0.1) is 0 Å². The largest absolute Gasteiger partial charge is 0.444 e. The minimum Gasteiger partial charge on any atom is -0.444 e. The van der Waals surface area contributed by atoms with Gasteiger partial charge in [0.15, 0.2) is 0 Å². The SMILES string of the molecule is CN1Cc2c(Cl)cc(Cl)cc2[C@H](c2cccc(-c3cc(NCCOCCOCCNC(=O)OC(C)(C)C)ncn3)c2)C1. The van der Waals surface area contributed by atoms with Gasteiger partial charge in [0, 0.05) is 53.8 Å². The zero-order valence-corrected chi connectivity index (χ0v) is 26.1. The van der Waals surface area contributed by atoms with Crippen LogP contribution in [0.15, 0.2) is 48.8 Å². The minimum absolute atomic E-state index is 0.150. The van der Waals surface area contributed by atoms with Gasteiger partial charge in [-0.1, -0.05) is 41.4 Å². The molecule has 0 aliphatic carbocycles. The van der Waals surface area contributed by atoms with Crippen molar-refractivity contribution in [2.24, 2.45) is 0 Å². The van der Waals surface area contributed by atoms with E-state index in [4.69, 9.17) is 37.4 Å². The number of halogens is 2. The average Bonchev–Trinajstić information content (AvgIpc) is 2.93. The third-order valence-electron chi connectivity index (χ3n) is 6.58. The van der Waals surface area contributed by atoms with Gasteiger partial charge in [0.05, 0.1) is 32.1 Å². The second kappa shape index (κ2) is 15.0. The fraction of sp³-hybridized carbons (Fsp3) is 0.452. The Balaban J connectivity index is 1.24. The van der Waals surface area contributed by atoms with E-state index < -0.39 is 11.7 Å². The van der Waals surface area contributed by atoms with Crippen LogP contribution >= 0.6 is 23.2 Å². The fourth-order valence-electron chi connectivity index (χ4n) is 4.77. The molecule has 42 heavy (non-hydrogen) atoms. The molecule has 0 unspecified atom stereocenters. The van der Waals surface area contributed by atoms with Crippen molar-refractivity contribution in [3.8, 4) is 11.3 Å². The summed E-state index contributed by atoms with van der Waals surface area (Å²) in [5.41, 5.74) is 4.81. The van der Waals surface area contributed by atoms with Gasteiger partial charge in [0.2, 0.25) is 0 Å². The molecule has 3 aromatic rings. The first-order valence-electron chi connectivity index (χ1n) is 14.0. The Bertz CT molecular complexity index is 1350. The monoisotopic (exact) mass is 615 g/mol. The van der Waals surface area contributed by atoms with Crippen LogP contribution in [0.3, 0.4) is 0 Å². The van der Waals surface area contributed by atoms with Crippen molar-refractivity contribution >= 4 is 35.1 Å². The van der Waals surface area contributed by atoms with E-state index in [0.29, 0.717) is 49.6 Å². The Kier molecular flexibility index (Phi) is 11.4. The number of rotatable bonds is 12. The molecule has 2 heterocycles. The van der Waals surface area contributed by atoms with Gasteiger partial charge in [0.1, 0.15) is 17.7 Å². The number of alkyl carbamates (subject to hydrolysis) is 1. The van der Waals surface area contributed by atoms with Crippen LogP contribution in [0.5, 0.6) is 0 Å². The zero-order chi connectivity index (χ0) is 30.1. The quantitative estimate of drug-likeness (QED) is 0.240. The number of nitrogens with one attached hydrogen (secondary N) is 2. The number of nitrogens with zero attached hydrogens (tertiary/aromatic N) is 3. The van der Waals surface area contributed by atoms with Crippen molar-refractivity contribution in [1.29, 1.82) is 0 Å². The molecule has 2 N–H and O–H groups in total. The molecule has 0 fully saturated rings. The van der Waals surface area contributed by atoms with Gasteiger partial charge < -0.3 is 29.7 Å². The molecule has 0 spiro atoms. The van der Waals surface area contributed by atoms with E-state index in [-0.39, 0.29) is 5.92 Å². The molecule has 226 valence electrons. The molecule has 4 rings (SSSR count). The van der Waals surface area contributed by atoms with E-state index in [1.54, 1.807) is 6.33 Å². The van der Waals surface area contributed by atoms with Crippen LogP contribution in [0.25, 0.3) is 11.3 Å². The summed E-state index contributed by atoms with van der Waals surface area (Å²) in [6, 6.07) is 14.2. The maximum absolute atomic E-state index is 11.6. The summed E-state index contributed by atoms with van der Waals surface area (Å²) >= 11 is 12.9. The van der Waals surface area contributed by atoms with Crippen molar-refractivity contribution < 1.29 is 19.0 Å². The summed E-state index contributed by atoms with van der Waals surface area (Å²) in [5, 5.41) is 7.31. The Morgan fingerprint density at radius 1 is 1.02 bits per heavy atom. The molecule has 0 saturated heterocycles. The highest BCUT2D eigenvalue weighted by Crippen LogP contribution is 2.39. The first-order valence-corrected chi connectivity index (χ1v) is 14.8. The van der Waals surface area contributed by atoms with Crippen molar-refractivity contribution in [2.75, 3.05) is 58.4 Å². The minimum atomic E-state index is -0.518. The molecule has 0 saturated carbocycles. The first kappa shape index (κ1) is 32.0. The summed E-state index contributed by atoms with van der Waals surface area (Å²) in [7, 11) is 2.11. The van der Waals surface area contributed by atoms with E-state index in [1.807, 2.05) is 39.0 Å². The molecular formula is C31H39Cl2N5O4.